The van der Waals surface area contributed by atoms with Crippen LogP contribution in [0.25, 0.3) is 0 Å². The molecule has 8 rings (SSSR count). The number of aromatic hydroxyl groups is 1. The van der Waals surface area contributed by atoms with Crippen molar-refractivity contribution in [2.75, 3.05) is 9.80 Å². The number of ether oxygens (including phenoxy) is 1. The molecule has 0 unspecified atom stereocenters. The molecule has 10 heteroatoms. The van der Waals surface area contributed by atoms with Crippen molar-refractivity contribution in [2.45, 2.75) is 26.2 Å². The summed E-state index contributed by atoms with van der Waals surface area (Å²) >= 11 is 0. The summed E-state index contributed by atoms with van der Waals surface area (Å²) < 4.78 is 6.03. The summed E-state index contributed by atoms with van der Waals surface area (Å²) in [5, 5.41) is 19.8. The van der Waals surface area contributed by atoms with Crippen LogP contribution in [0.15, 0.2) is 96.3 Å². The van der Waals surface area contributed by atoms with Crippen molar-refractivity contribution < 1.29 is 38.9 Å². The van der Waals surface area contributed by atoms with Crippen molar-refractivity contribution >= 4 is 41.0 Å². The fourth-order valence-corrected chi connectivity index (χ4v) is 8.70. The number of aromatic carboxylic acids is 1. The van der Waals surface area contributed by atoms with Gasteiger partial charge in [0.1, 0.15) is 11.5 Å². The first-order chi connectivity index (χ1) is 22.6. The second kappa shape index (κ2) is 10.2. The van der Waals surface area contributed by atoms with Crippen molar-refractivity contribution in [3.63, 3.8) is 0 Å². The van der Waals surface area contributed by atoms with Gasteiger partial charge in [-0.2, -0.15) is 0 Å². The maximum absolute atomic E-state index is 14.6. The summed E-state index contributed by atoms with van der Waals surface area (Å²) in [6.45, 7) is 1.82. The number of anilines is 2. The van der Waals surface area contributed by atoms with Crippen molar-refractivity contribution in [1.29, 1.82) is 0 Å². The average molecular weight is 631 g/mol. The number of carboxylic acid groups (broad SMARTS) is 1. The zero-order valence-electron chi connectivity index (χ0n) is 25.3. The summed E-state index contributed by atoms with van der Waals surface area (Å²) in [6.07, 6.45) is 4.38. The van der Waals surface area contributed by atoms with Crippen molar-refractivity contribution in [1.82, 2.24) is 0 Å². The highest BCUT2D eigenvalue weighted by Crippen LogP contribution is 2.63. The third-order valence-electron chi connectivity index (χ3n) is 10.8. The number of imide groups is 2. The maximum Gasteiger partial charge on any atom is 0.335 e. The Morgan fingerprint density at radius 2 is 1.64 bits per heavy atom. The van der Waals surface area contributed by atoms with E-state index in [-0.39, 0.29) is 41.7 Å². The number of nitrogens with zero attached hydrogens (tertiary/aromatic N) is 2. The highest BCUT2D eigenvalue weighted by Gasteiger charge is 2.68. The fourth-order valence-electron chi connectivity index (χ4n) is 8.70. The van der Waals surface area contributed by atoms with Crippen molar-refractivity contribution in [3.05, 3.63) is 107 Å². The van der Waals surface area contributed by atoms with Gasteiger partial charge in [-0.05, 0) is 79.8 Å². The lowest BCUT2D eigenvalue weighted by Crippen LogP contribution is -2.51. The Bertz CT molecular complexity index is 1980. The molecule has 5 aliphatic rings. The number of carboxylic acids is 1. The Morgan fingerprint density at radius 1 is 0.872 bits per heavy atom. The standard InChI is InChI=1S/C37H30N2O8/c1-37-28(33(42)39(36(37)46)22-7-3-2-4-8-22)17-27-25(31(37)21-14-20-16-24(40)10-13-29(20)47-18-21)11-12-26-30(27)34(43)38(32(26)41)23-9-5-6-19(15-23)35(44)45/h2-11,13,15-16,18,26-28,30-31,40H,12,14,17H2,1H3,(H,44,45)/t26-,27+,28-,30-,31-,37+/m0/s1. The molecule has 1 saturated carbocycles. The number of phenolic OH excluding ortho intramolecular Hbond substituents is 1. The number of fused-ring (bicyclic) bond motifs is 5. The van der Waals surface area contributed by atoms with E-state index in [1.54, 1.807) is 48.7 Å². The lowest BCUT2D eigenvalue weighted by Gasteiger charge is -2.49. The van der Waals surface area contributed by atoms with Gasteiger partial charge in [0.2, 0.25) is 23.6 Å². The first-order valence-electron chi connectivity index (χ1n) is 15.6. The SMILES string of the molecule is C[C@@]12C(=O)N(c3ccccc3)C(=O)[C@@H]1C[C@@H]1C(=CC[C@@H]3C(=O)N(c4cccc(C(=O)O)c4)C(=O)[C@@H]31)[C@@H]2C1=COc2ccc(O)cc2C1. The minimum absolute atomic E-state index is 0.0445. The molecule has 4 amide bonds. The van der Waals surface area contributed by atoms with Crippen LogP contribution in [0.3, 0.4) is 0 Å². The molecule has 2 saturated heterocycles. The van der Waals surface area contributed by atoms with Crippen LogP contribution in [-0.2, 0) is 25.6 Å². The third-order valence-corrected chi connectivity index (χ3v) is 10.8. The third kappa shape index (κ3) is 4.06. The van der Waals surface area contributed by atoms with Crippen LogP contribution in [-0.4, -0.2) is 39.8 Å². The topological polar surface area (TPSA) is 142 Å². The molecule has 3 fully saturated rings. The van der Waals surface area contributed by atoms with E-state index < -0.39 is 52.8 Å². The molecular formula is C37H30N2O8. The van der Waals surface area contributed by atoms with Gasteiger partial charge in [0, 0.05) is 17.9 Å². The van der Waals surface area contributed by atoms with Crippen molar-refractivity contribution in [2.24, 2.45) is 35.0 Å². The number of rotatable bonds is 4. The first-order valence-corrected chi connectivity index (χ1v) is 15.6. The van der Waals surface area contributed by atoms with Crippen LogP contribution in [0.4, 0.5) is 11.4 Å². The predicted molar refractivity (Wildman–Crippen MR) is 168 cm³/mol. The summed E-state index contributed by atoms with van der Waals surface area (Å²) in [5.41, 5.74) is 1.69. The van der Waals surface area contributed by atoms with E-state index in [9.17, 15) is 34.2 Å². The molecule has 3 aromatic carbocycles. The Labute approximate surface area is 269 Å². The molecule has 10 nitrogen and oxygen atoms in total. The Kier molecular flexibility index (Phi) is 6.31. The van der Waals surface area contributed by atoms with E-state index in [1.807, 2.05) is 19.1 Å². The Balaban J connectivity index is 1.24. The molecule has 2 aliphatic carbocycles. The lowest BCUT2D eigenvalue weighted by atomic mass is 9.51. The first kappa shape index (κ1) is 28.9. The fraction of sp³-hybridized carbons (Fsp3) is 0.270. The van der Waals surface area contributed by atoms with Crippen molar-refractivity contribution in [3.8, 4) is 11.5 Å². The van der Waals surface area contributed by atoms with Gasteiger partial charge in [0.15, 0.2) is 0 Å². The van der Waals surface area contributed by atoms with E-state index in [1.165, 1.54) is 29.2 Å². The zero-order valence-corrected chi connectivity index (χ0v) is 25.3. The number of phenols is 1. The minimum atomic E-state index is -1.22. The number of amides is 4. The number of hydrogen-bond acceptors (Lipinski definition) is 7. The van der Waals surface area contributed by atoms with Gasteiger partial charge in [-0.1, -0.05) is 35.9 Å². The van der Waals surface area contributed by atoms with E-state index in [2.05, 4.69) is 0 Å². The minimum Gasteiger partial charge on any atom is -0.508 e. The molecule has 236 valence electrons. The van der Waals surface area contributed by atoms with Crippen LogP contribution in [0.5, 0.6) is 11.5 Å². The zero-order chi connectivity index (χ0) is 32.8. The van der Waals surface area contributed by atoms with Crippen LogP contribution in [0.1, 0.15) is 35.7 Å². The van der Waals surface area contributed by atoms with Gasteiger partial charge in [0.25, 0.3) is 0 Å². The molecule has 0 bridgehead atoms. The van der Waals surface area contributed by atoms with E-state index in [0.717, 1.165) is 21.6 Å². The molecule has 2 N–H and O–H groups in total. The Hall–Kier alpha value is -5.51. The van der Waals surface area contributed by atoms with Gasteiger partial charge >= 0.3 is 5.97 Å². The van der Waals surface area contributed by atoms with Gasteiger partial charge in [-0.15, -0.1) is 0 Å². The molecule has 6 atom stereocenters. The smallest absolute Gasteiger partial charge is 0.335 e. The largest absolute Gasteiger partial charge is 0.508 e. The number of benzene rings is 3. The molecule has 3 aliphatic heterocycles. The summed E-state index contributed by atoms with van der Waals surface area (Å²) in [4.78, 5) is 71.0. The molecule has 0 aromatic heterocycles. The number of carbonyl (C=O) groups is 5. The van der Waals surface area contributed by atoms with Crippen LogP contribution in [0, 0.1) is 35.0 Å². The van der Waals surface area contributed by atoms with Crippen LogP contribution in [0.2, 0.25) is 0 Å². The van der Waals surface area contributed by atoms with E-state index in [4.69, 9.17) is 4.74 Å². The summed E-state index contributed by atoms with van der Waals surface area (Å²) in [5.74, 6) is -5.50. The average Bonchev–Trinajstić information content (AvgIpc) is 3.44. The highest BCUT2D eigenvalue weighted by molar-refractivity contribution is 6.25. The number of hydrogen-bond donors (Lipinski definition) is 2. The normalized spacial score (nSPS) is 29.3. The highest BCUT2D eigenvalue weighted by atomic mass is 16.5. The summed E-state index contributed by atoms with van der Waals surface area (Å²) in [6, 6.07) is 19.4. The number of carbonyl (C=O) groups excluding carboxylic acids is 4. The predicted octanol–water partition coefficient (Wildman–Crippen LogP) is 4.88. The summed E-state index contributed by atoms with van der Waals surface area (Å²) in [7, 11) is 0. The van der Waals surface area contributed by atoms with E-state index in [0.29, 0.717) is 17.9 Å². The molecule has 0 radical (unpaired) electrons. The van der Waals surface area contributed by atoms with Gasteiger partial charge in [0.05, 0.1) is 46.4 Å². The molecule has 3 heterocycles. The van der Waals surface area contributed by atoms with Crippen LogP contribution >= 0.6 is 0 Å². The molecule has 0 spiro atoms. The Morgan fingerprint density at radius 3 is 2.40 bits per heavy atom. The molecular weight excluding hydrogens is 600 g/mol. The number of para-hydroxylation sites is 1. The quantitative estimate of drug-likeness (QED) is 0.307. The second-order valence-electron chi connectivity index (χ2n) is 13.1. The van der Waals surface area contributed by atoms with Crippen LogP contribution < -0.4 is 14.5 Å². The number of allylic oxidation sites excluding steroid dienone is 3. The molecule has 47 heavy (non-hydrogen) atoms. The van der Waals surface area contributed by atoms with Gasteiger partial charge in [-0.25, -0.2) is 9.69 Å². The lowest BCUT2D eigenvalue weighted by molar-refractivity contribution is -0.132. The monoisotopic (exact) mass is 630 g/mol. The second-order valence-corrected chi connectivity index (χ2v) is 13.1. The van der Waals surface area contributed by atoms with E-state index >= 15 is 0 Å². The molecule has 3 aromatic rings. The van der Waals surface area contributed by atoms with Gasteiger partial charge in [-0.3, -0.25) is 24.1 Å². The maximum atomic E-state index is 14.6. The van der Waals surface area contributed by atoms with Gasteiger partial charge < -0.3 is 14.9 Å².